The van der Waals surface area contributed by atoms with Crippen LogP contribution >= 0.6 is 0 Å². The molecular weight excluding hydrogens is 432 g/mol. The second-order valence-electron chi connectivity index (χ2n) is 8.18. The summed E-state index contributed by atoms with van der Waals surface area (Å²) >= 11 is 0. The van der Waals surface area contributed by atoms with E-state index >= 15 is 0 Å². The molecule has 0 spiro atoms. The molecule has 0 aliphatic carbocycles. The highest BCUT2D eigenvalue weighted by Crippen LogP contribution is 2.18. The molecule has 0 unspecified atom stereocenters. The van der Waals surface area contributed by atoms with E-state index in [1.807, 2.05) is 23.1 Å². The minimum Gasteiger partial charge on any atom is -0.395 e. The number of β-amino-alcohol motifs (C(OH)–C–C–N with tert-alkyl or cyclic N) is 1. The Morgan fingerprint density at radius 2 is 1.68 bits per heavy atom. The number of rotatable bonds is 8. The number of aliphatic hydroxyl groups is 1. The summed E-state index contributed by atoms with van der Waals surface area (Å²) in [7, 11) is 0. The molecule has 2 aromatic rings. The van der Waals surface area contributed by atoms with Gasteiger partial charge in [-0.25, -0.2) is 0 Å². The standard InChI is InChI=1S/C26H28N4O4/c31-18-17-30-24(32)19-23(26(30)34)27-22-10-8-21(9-11-22)25(33)29-15-13-28(14-16-29)12-4-7-20-5-2-1-3-6-20/h1-11,19,27,31H,12-18H2. The fourth-order valence-electron chi connectivity index (χ4n) is 3.98. The number of carbonyl (C=O) groups is 3. The van der Waals surface area contributed by atoms with Gasteiger partial charge in [-0.1, -0.05) is 42.5 Å². The summed E-state index contributed by atoms with van der Waals surface area (Å²) in [4.78, 5) is 42.2. The molecular formula is C26H28N4O4. The topological polar surface area (TPSA) is 93.2 Å². The number of carbonyl (C=O) groups excluding carboxylic acids is 3. The molecule has 0 bridgehead atoms. The van der Waals surface area contributed by atoms with Crippen LogP contribution in [0, 0.1) is 0 Å². The normalized spacial score (nSPS) is 16.9. The Balaban J connectivity index is 1.26. The zero-order valence-electron chi connectivity index (χ0n) is 18.9. The van der Waals surface area contributed by atoms with Gasteiger partial charge in [-0.05, 0) is 29.8 Å². The van der Waals surface area contributed by atoms with Gasteiger partial charge in [0, 0.05) is 50.1 Å². The van der Waals surface area contributed by atoms with Gasteiger partial charge in [0.15, 0.2) is 0 Å². The molecule has 0 atom stereocenters. The van der Waals surface area contributed by atoms with E-state index in [0.717, 1.165) is 24.5 Å². The van der Waals surface area contributed by atoms with Gasteiger partial charge < -0.3 is 15.3 Å². The fourth-order valence-corrected chi connectivity index (χ4v) is 3.98. The third-order valence-electron chi connectivity index (χ3n) is 5.88. The van der Waals surface area contributed by atoms with E-state index in [9.17, 15) is 14.4 Å². The van der Waals surface area contributed by atoms with E-state index in [2.05, 4.69) is 34.5 Å². The number of benzene rings is 2. The Morgan fingerprint density at radius 3 is 2.35 bits per heavy atom. The monoisotopic (exact) mass is 460 g/mol. The summed E-state index contributed by atoms with van der Waals surface area (Å²) in [5.41, 5.74) is 2.50. The van der Waals surface area contributed by atoms with Crippen LogP contribution in [0.3, 0.4) is 0 Å². The third kappa shape index (κ3) is 5.59. The smallest absolute Gasteiger partial charge is 0.277 e. The molecule has 34 heavy (non-hydrogen) atoms. The van der Waals surface area contributed by atoms with E-state index in [4.69, 9.17) is 5.11 Å². The van der Waals surface area contributed by atoms with Crippen molar-refractivity contribution >= 4 is 29.5 Å². The van der Waals surface area contributed by atoms with Crippen molar-refractivity contribution in [1.82, 2.24) is 14.7 Å². The third-order valence-corrected chi connectivity index (χ3v) is 5.88. The molecule has 1 saturated heterocycles. The average Bonchev–Trinajstić information content (AvgIpc) is 3.13. The summed E-state index contributed by atoms with van der Waals surface area (Å²) in [6.45, 7) is 3.50. The van der Waals surface area contributed by atoms with Crippen LogP contribution in [0.5, 0.6) is 0 Å². The number of hydrogen-bond donors (Lipinski definition) is 2. The lowest BCUT2D eigenvalue weighted by molar-refractivity contribution is -0.137. The number of imide groups is 1. The molecule has 0 radical (unpaired) electrons. The van der Waals surface area contributed by atoms with Crippen molar-refractivity contribution in [2.45, 2.75) is 0 Å². The van der Waals surface area contributed by atoms with E-state index < -0.39 is 11.8 Å². The first kappa shape index (κ1) is 23.4. The Kier molecular flexibility index (Phi) is 7.51. The van der Waals surface area contributed by atoms with Gasteiger partial charge in [0.2, 0.25) is 0 Å². The Morgan fingerprint density at radius 1 is 0.971 bits per heavy atom. The first-order chi connectivity index (χ1) is 16.5. The lowest BCUT2D eigenvalue weighted by Gasteiger charge is -2.34. The maximum Gasteiger partial charge on any atom is 0.277 e. The molecule has 8 nitrogen and oxygen atoms in total. The fraction of sp³-hybridized carbons (Fsp3) is 0.269. The zero-order chi connectivity index (χ0) is 23.9. The van der Waals surface area contributed by atoms with Gasteiger partial charge in [-0.15, -0.1) is 0 Å². The van der Waals surface area contributed by atoms with Crippen LogP contribution in [-0.4, -0.2) is 83.4 Å². The van der Waals surface area contributed by atoms with Gasteiger partial charge in [-0.3, -0.25) is 24.2 Å². The van der Waals surface area contributed by atoms with Gasteiger partial charge in [0.25, 0.3) is 17.7 Å². The lowest BCUT2D eigenvalue weighted by Crippen LogP contribution is -2.48. The van der Waals surface area contributed by atoms with E-state index in [-0.39, 0.29) is 24.8 Å². The van der Waals surface area contributed by atoms with Crippen molar-refractivity contribution in [3.8, 4) is 0 Å². The molecule has 2 aliphatic heterocycles. The molecule has 0 saturated carbocycles. The van der Waals surface area contributed by atoms with Crippen molar-refractivity contribution in [3.63, 3.8) is 0 Å². The molecule has 2 heterocycles. The number of piperazine rings is 1. The summed E-state index contributed by atoms with van der Waals surface area (Å²) in [6, 6.07) is 17.0. The molecule has 3 amide bonds. The van der Waals surface area contributed by atoms with Crippen molar-refractivity contribution in [2.75, 3.05) is 51.2 Å². The number of hydrogen-bond acceptors (Lipinski definition) is 6. The second-order valence-corrected chi connectivity index (χ2v) is 8.18. The Hall–Kier alpha value is -3.75. The minimum absolute atomic E-state index is 0.0218. The molecule has 8 heteroatoms. The maximum atomic E-state index is 12.9. The predicted molar refractivity (Wildman–Crippen MR) is 130 cm³/mol. The van der Waals surface area contributed by atoms with Crippen molar-refractivity contribution in [1.29, 1.82) is 0 Å². The number of aliphatic hydroxyl groups excluding tert-OH is 1. The predicted octanol–water partition coefficient (Wildman–Crippen LogP) is 1.81. The number of anilines is 1. The number of amides is 3. The molecule has 0 aromatic heterocycles. The molecule has 2 aliphatic rings. The van der Waals surface area contributed by atoms with Gasteiger partial charge in [0.05, 0.1) is 13.2 Å². The van der Waals surface area contributed by atoms with Gasteiger partial charge in [0.1, 0.15) is 5.70 Å². The van der Waals surface area contributed by atoms with Crippen LogP contribution in [0.2, 0.25) is 0 Å². The van der Waals surface area contributed by atoms with Crippen LogP contribution in [0.1, 0.15) is 15.9 Å². The van der Waals surface area contributed by atoms with Crippen LogP contribution in [0.15, 0.2) is 72.4 Å². The highest BCUT2D eigenvalue weighted by Gasteiger charge is 2.30. The van der Waals surface area contributed by atoms with Crippen LogP contribution in [-0.2, 0) is 9.59 Å². The summed E-state index contributed by atoms with van der Waals surface area (Å²) in [5, 5.41) is 11.9. The molecule has 1 fully saturated rings. The van der Waals surface area contributed by atoms with Crippen molar-refractivity contribution in [3.05, 3.63) is 83.6 Å². The highest BCUT2D eigenvalue weighted by atomic mass is 16.3. The maximum absolute atomic E-state index is 12.9. The van der Waals surface area contributed by atoms with Crippen LogP contribution in [0.4, 0.5) is 5.69 Å². The second kappa shape index (κ2) is 10.9. The van der Waals surface area contributed by atoms with E-state index in [1.165, 1.54) is 11.6 Å². The average molecular weight is 461 g/mol. The first-order valence-corrected chi connectivity index (χ1v) is 11.3. The largest absolute Gasteiger partial charge is 0.395 e. The van der Waals surface area contributed by atoms with Gasteiger partial charge in [-0.2, -0.15) is 0 Å². The van der Waals surface area contributed by atoms with Gasteiger partial charge >= 0.3 is 0 Å². The van der Waals surface area contributed by atoms with Crippen LogP contribution in [0.25, 0.3) is 6.08 Å². The molecule has 176 valence electrons. The molecule has 4 rings (SSSR count). The minimum atomic E-state index is -0.476. The van der Waals surface area contributed by atoms with E-state index in [1.54, 1.807) is 24.3 Å². The molecule has 2 aromatic carbocycles. The van der Waals surface area contributed by atoms with Crippen molar-refractivity contribution < 1.29 is 19.5 Å². The number of nitrogens with one attached hydrogen (secondary N) is 1. The summed E-state index contributed by atoms with van der Waals surface area (Å²) in [6.07, 6.45) is 5.48. The SMILES string of the molecule is O=C(c1ccc(NC2=CC(=O)N(CCO)C2=O)cc1)N1CCN(CC=Cc2ccccc2)CC1. The van der Waals surface area contributed by atoms with Crippen molar-refractivity contribution in [2.24, 2.45) is 0 Å². The first-order valence-electron chi connectivity index (χ1n) is 11.3. The van der Waals surface area contributed by atoms with E-state index in [0.29, 0.717) is 24.3 Å². The molecule has 2 N–H and O–H groups in total. The quantitative estimate of drug-likeness (QED) is 0.584. The Labute approximate surface area is 198 Å². The summed E-state index contributed by atoms with van der Waals surface area (Å²) in [5.74, 6) is -0.954. The van der Waals surface area contributed by atoms with Crippen LogP contribution < -0.4 is 5.32 Å². The lowest BCUT2D eigenvalue weighted by atomic mass is 10.1. The highest BCUT2D eigenvalue weighted by molar-refractivity contribution is 6.17. The Bertz CT molecular complexity index is 1090. The summed E-state index contributed by atoms with van der Waals surface area (Å²) < 4.78 is 0. The zero-order valence-corrected chi connectivity index (χ0v) is 18.9. The number of nitrogens with zero attached hydrogens (tertiary/aromatic N) is 3.